The minimum absolute atomic E-state index is 0.00536. The molecule has 7 heteroatoms. The van der Waals surface area contributed by atoms with Crippen molar-refractivity contribution in [2.45, 2.75) is 65.0 Å². The number of hydrogen-bond donors (Lipinski definition) is 2. The summed E-state index contributed by atoms with van der Waals surface area (Å²) in [6.45, 7) is 4.10. The Morgan fingerprint density at radius 3 is 2.00 bits per heavy atom. The number of nitrogens with one attached hydrogen (secondary N) is 1. The van der Waals surface area contributed by atoms with Gasteiger partial charge in [0.1, 0.15) is 0 Å². The fraction of sp³-hybridized carbons (Fsp3) is 0.857. The fourth-order valence-corrected chi connectivity index (χ4v) is 2.68. The molecule has 3 nitrogen and oxygen atoms in total. The monoisotopic (exact) mass is 326 g/mol. The molecule has 0 saturated heterocycles. The lowest BCUT2D eigenvalue weighted by Gasteiger charge is -2.31. The molecule has 0 aromatic rings. The molecule has 1 amide bonds. The van der Waals surface area contributed by atoms with Crippen LogP contribution in [0.5, 0.6) is 0 Å². The predicted molar refractivity (Wildman–Crippen MR) is 82.0 cm³/mol. The second-order valence-electron chi connectivity index (χ2n) is 5.27. The Balaban J connectivity index is 4.45. The first-order valence-corrected chi connectivity index (χ1v) is 7.75. The van der Waals surface area contributed by atoms with Crippen LogP contribution in [0.4, 0.5) is 13.2 Å². The van der Waals surface area contributed by atoms with Crippen molar-refractivity contribution in [3.63, 3.8) is 0 Å². The van der Waals surface area contributed by atoms with Crippen molar-refractivity contribution < 1.29 is 18.0 Å². The van der Waals surface area contributed by atoms with Crippen LogP contribution in [0.3, 0.4) is 0 Å². The molecule has 21 heavy (non-hydrogen) atoms. The first kappa shape index (κ1) is 20.1. The van der Waals surface area contributed by atoms with Crippen LogP contribution in [0.2, 0.25) is 0 Å². The van der Waals surface area contributed by atoms with Crippen molar-refractivity contribution in [1.82, 2.24) is 5.32 Å². The van der Waals surface area contributed by atoms with E-state index in [0.29, 0.717) is 12.8 Å². The molecule has 0 aliphatic rings. The van der Waals surface area contributed by atoms with E-state index >= 15 is 0 Å². The molecule has 0 aromatic carbocycles. The zero-order chi connectivity index (χ0) is 16.5. The number of alkyl halides is 3. The van der Waals surface area contributed by atoms with Gasteiger partial charge in [0.15, 0.2) is 0 Å². The molecular formula is C14H25F3N2OS. The minimum atomic E-state index is -4.14. The maximum atomic E-state index is 12.3. The fourth-order valence-electron chi connectivity index (χ4n) is 2.39. The van der Waals surface area contributed by atoms with Crippen LogP contribution in [-0.2, 0) is 4.79 Å². The van der Waals surface area contributed by atoms with Gasteiger partial charge in [-0.1, -0.05) is 38.9 Å². The van der Waals surface area contributed by atoms with Crippen LogP contribution in [0, 0.1) is 5.41 Å². The second kappa shape index (κ2) is 9.23. The summed E-state index contributed by atoms with van der Waals surface area (Å²) in [6.07, 6.45) is -2.03. The van der Waals surface area contributed by atoms with Gasteiger partial charge in [0.05, 0.1) is 10.4 Å². The molecule has 124 valence electrons. The summed E-state index contributed by atoms with van der Waals surface area (Å²) in [5, 5.41) is 2.69. The Bertz CT molecular complexity index is 340. The highest BCUT2D eigenvalue weighted by molar-refractivity contribution is 7.80. The molecule has 0 aromatic heterocycles. The molecule has 0 spiro atoms. The number of hydrogen-bond acceptors (Lipinski definition) is 2. The van der Waals surface area contributed by atoms with Crippen molar-refractivity contribution in [3.05, 3.63) is 0 Å². The molecule has 0 fully saturated rings. The van der Waals surface area contributed by atoms with Crippen LogP contribution >= 0.6 is 12.2 Å². The van der Waals surface area contributed by atoms with Crippen molar-refractivity contribution in [3.8, 4) is 0 Å². The largest absolute Gasteiger partial charge is 0.392 e. The number of rotatable bonds is 10. The average Bonchev–Trinajstić information content (AvgIpc) is 2.36. The molecule has 0 saturated carbocycles. The van der Waals surface area contributed by atoms with Gasteiger partial charge in [0.2, 0.25) is 5.91 Å². The maximum absolute atomic E-state index is 12.3. The molecular weight excluding hydrogens is 301 g/mol. The standard InChI is InChI=1S/C14H25F3N2OS/c1-3-7-13(8-4-2,11(18)21)12(20)19-10-6-5-9-14(15,16)17/h3-10H2,1-2H3,(H2,18,21)(H,19,20). The maximum Gasteiger partial charge on any atom is 0.389 e. The molecule has 0 bridgehead atoms. The van der Waals surface area contributed by atoms with Crippen LogP contribution in [0.15, 0.2) is 0 Å². The molecule has 0 heterocycles. The van der Waals surface area contributed by atoms with Crippen molar-refractivity contribution in [1.29, 1.82) is 0 Å². The smallest absolute Gasteiger partial charge is 0.389 e. The van der Waals surface area contributed by atoms with Gasteiger partial charge in [-0.15, -0.1) is 0 Å². The lowest BCUT2D eigenvalue weighted by atomic mass is 9.78. The third-order valence-electron chi connectivity index (χ3n) is 3.43. The van der Waals surface area contributed by atoms with E-state index in [1.54, 1.807) is 0 Å². The lowest BCUT2D eigenvalue weighted by Crippen LogP contribution is -2.49. The van der Waals surface area contributed by atoms with E-state index in [9.17, 15) is 18.0 Å². The zero-order valence-electron chi connectivity index (χ0n) is 12.7. The van der Waals surface area contributed by atoms with E-state index in [1.807, 2.05) is 13.8 Å². The average molecular weight is 326 g/mol. The first-order chi connectivity index (χ1) is 9.69. The summed E-state index contributed by atoms with van der Waals surface area (Å²) in [5.74, 6) is -0.259. The summed E-state index contributed by atoms with van der Waals surface area (Å²) >= 11 is 5.05. The number of carbonyl (C=O) groups excluding carboxylic acids is 1. The molecule has 0 atom stereocenters. The number of thiocarbonyl (C=S) groups is 1. The molecule has 0 aliphatic carbocycles. The van der Waals surface area contributed by atoms with E-state index in [2.05, 4.69) is 5.32 Å². The summed E-state index contributed by atoms with van der Waals surface area (Å²) in [5.41, 5.74) is 4.88. The summed E-state index contributed by atoms with van der Waals surface area (Å²) in [7, 11) is 0. The molecule has 0 aliphatic heterocycles. The molecule has 0 radical (unpaired) electrons. The van der Waals surface area contributed by atoms with Crippen molar-refractivity contribution in [2.24, 2.45) is 11.1 Å². The minimum Gasteiger partial charge on any atom is -0.392 e. The Hall–Kier alpha value is -0.850. The lowest BCUT2D eigenvalue weighted by molar-refractivity contribution is -0.135. The topological polar surface area (TPSA) is 55.1 Å². The van der Waals surface area contributed by atoms with Crippen LogP contribution < -0.4 is 11.1 Å². The van der Waals surface area contributed by atoms with E-state index in [4.69, 9.17) is 18.0 Å². The van der Waals surface area contributed by atoms with Gasteiger partial charge in [-0.3, -0.25) is 4.79 Å². The highest BCUT2D eigenvalue weighted by atomic mass is 32.1. The quantitative estimate of drug-likeness (QED) is 0.475. The van der Waals surface area contributed by atoms with Gasteiger partial charge in [-0.2, -0.15) is 13.2 Å². The number of carbonyl (C=O) groups is 1. The van der Waals surface area contributed by atoms with E-state index in [0.717, 1.165) is 12.8 Å². The Labute approximate surface area is 129 Å². The first-order valence-electron chi connectivity index (χ1n) is 7.34. The number of nitrogens with two attached hydrogens (primary N) is 1. The second-order valence-corrected chi connectivity index (χ2v) is 5.71. The van der Waals surface area contributed by atoms with E-state index < -0.39 is 18.0 Å². The summed E-state index contributed by atoms with van der Waals surface area (Å²) < 4.78 is 36.0. The summed E-state index contributed by atoms with van der Waals surface area (Å²) in [4.78, 5) is 12.5. The third-order valence-corrected chi connectivity index (χ3v) is 3.82. The Morgan fingerprint density at radius 2 is 1.62 bits per heavy atom. The van der Waals surface area contributed by atoms with Crippen LogP contribution in [-0.4, -0.2) is 23.6 Å². The zero-order valence-corrected chi connectivity index (χ0v) is 13.5. The van der Waals surface area contributed by atoms with Crippen molar-refractivity contribution >= 4 is 23.1 Å². The predicted octanol–water partition coefficient (Wildman–Crippen LogP) is 3.71. The van der Waals surface area contributed by atoms with Gasteiger partial charge in [0.25, 0.3) is 0 Å². The highest BCUT2D eigenvalue weighted by Gasteiger charge is 2.39. The van der Waals surface area contributed by atoms with Gasteiger partial charge in [-0.05, 0) is 25.7 Å². The highest BCUT2D eigenvalue weighted by Crippen LogP contribution is 2.31. The van der Waals surface area contributed by atoms with Gasteiger partial charge < -0.3 is 11.1 Å². The van der Waals surface area contributed by atoms with Crippen LogP contribution in [0.25, 0.3) is 0 Å². The molecule has 0 unspecified atom stereocenters. The Morgan fingerprint density at radius 1 is 1.10 bits per heavy atom. The normalized spacial score (nSPS) is 12.2. The van der Waals surface area contributed by atoms with E-state index in [1.165, 1.54) is 0 Å². The van der Waals surface area contributed by atoms with Gasteiger partial charge >= 0.3 is 6.18 Å². The van der Waals surface area contributed by atoms with Crippen LogP contribution in [0.1, 0.15) is 58.8 Å². The Kier molecular flexibility index (Phi) is 8.85. The van der Waals surface area contributed by atoms with Gasteiger partial charge in [-0.25, -0.2) is 0 Å². The van der Waals surface area contributed by atoms with Gasteiger partial charge in [0, 0.05) is 13.0 Å². The van der Waals surface area contributed by atoms with Crippen molar-refractivity contribution in [2.75, 3.05) is 6.54 Å². The number of halogens is 3. The van der Waals surface area contributed by atoms with E-state index in [-0.39, 0.29) is 30.3 Å². The SMILES string of the molecule is CCCC(CCC)(C(=O)NCCCCC(F)(F)F)C(N)=S. The summed E-state index contributed by atoms with van der Waals surface area (Å²) in [6, 6.07) is 0. The number of unbranched alkanes of at least 4 members (excludes halogenated alkanes) is 1. The number of amides is 1. The molecule has 0 rings (SSSR count). The third kappa shape index (κ3) is 7.11. The molecule has 3 N–H and O–H groups in total.